The van der Waals surface area contributed by atoms with Gasteiger partial charge in [0, 0.05) is 19.6 Å². The van der Waals surface area contributed by atoms with Crippen molar-refractivity contribution in [3.8, 4) is 5.75 Å². The maximum atomic E-state index is 13.2. The van der Waals surface area contributed by atoms with Crippen molar-refractivity contribution in [3.63, 3.8) is 0 Å². The van der Waals surface area contributed by atoms with E-state index in [2.05, 4.69) is 37.7 Å². The maximum absolute atomic E-state index is 13.2. The summed E-state index contributed by atoms with van der Waals surface area (Å²) in [6.07, 6.45) is 0.535. The number of rotatable bonds is 13. The first-order valence-electron chi connectivity index (χ1n) is 11.2. The Hall–Kier alpha value is -1.93. The van der Waals surface area contributed by atoms with Gasteiger partial charge in [0.2, 0.25) is 10.0 Å². The smallest absolute Gasteiger partial charge is 0.240 e. The van der Waals surface area contributed by atoms with Crippen molar-refractivity contribution in [2.45, 2.75) is 58.1 Å². The van der Waals surface area contributed by atoms with Crippen molar-refractivity contribution in [3.05, 3.63) is 59.2 Å². The lowest BCUT2D eigenvalue weighted by molar-refractivity contribution is 0.175. The number of benzene rings is 2. The second kappa shape index (κ2) is 12.3. The van der Waals surface area contributed by atoms with Crippen molar-refractivity contribution in [1.29, 1.82) is 0 Å². The highest BCUT2D eigenvalue weighted by Crippen LogP contribution is 2.32. The average Bonchev–Trinajstić information content (AvgIpc) is 2.73. The lowest BCUT2D eigenvalue weighted by Gasteiger charge is -2.21. The van der Waals surface area contributed by atoms with Gasteiger partial charge in [-0.3, -0.25) is 0 Å². The predicted octanol–water partition coefficient (Wildman–Crippen LogP) is 3.52. The zero-order chi connectivity index (χ0) is 23.7. The Labute approximate surface area is 193 Å². The molecule has 0 fully saturated rings. The highest BCUT2D eigenvalue weighted by Gasteiger charge is 2.25. The van der Waals surface area contributed by atoms with E-state index in [1.165, 1.54) is 0 Å². The molecule has 0 saturated carbocycles. The Morgan fingerprint density at radius 1 is 0.906 bits per heavy atom. The Morgan fingerprint density at radius 2 is 1.53 bits per heavy atom. The Bertz CT molecular complexity index is 944. The topological polar surface area (TPSA) is 87.7 Å². The first-order valence-corrected chi connectivity index (χ1v) is 12.7. The zero-order valence-electron chi connectivity index (χ0n) is 19.9. The predicted molar refractivity (Wildman–Crippen MR) is 129 cm³/mol. The van der Waals surface area contributed by atoms with E-state index in [-0.39, 0.29) is 23.9 Å². The van der Waals surface area contributed by atoms with Crippen LogP contribution in [-0.2, 0) is 29.4 Å². The number of sulfonamides is 1. The molecule has 0 radical (unpaired) electrons. The van der Waals surface area contributed by atoms with Gasteiger partial charge in [-0.1, -0.05) is 58.0 Å². The van der Waals surface area contributed by atoms with Crippen LogP contribution in [0.4, 0.5) is 0 Å². The minimum Gasteiger partial charge on any atom is -0.496 e. The van der Waals surface area contributed by atoms with Gasteiger partial charge in [-0.05, 0) is 53.5 Å². The van der Waals surface area contributed by atoms with Gasteiger partial charge >= 0.3 is 0 Å². The molecule has 0 spiro atoms. The van der Waals surface area contributed by atoms with Gasteiger partial charge in [-0.2, -0.15) is 0 Å². The number of nitrogens with one attached hydrogen (secondary N) is 2. The summed E-state index contributed by atoms with van der Waals surface area (Å²) >= 11 is 0. The summed E-state index contributed by atoms with van der Waals surface area (Å²) < 4.78 is 34.5. The van der Waals surface area contributed by atoms with E-state index in [9.17, 15) is 13.5 Å². The van der Waals surface area contributed by atoms with Crippen LogP contribution in [0.3, 0.4) is 0 Å². The standard InChI is InChI=1S/C25H38N2O4S/c1-18(2)13-22-23(14-19(3)4)25(12-11-24(22)31-5)32(29,30)27-17-21(28)16-26-15-20-9-7-6-8-10-20/h6-12,18-19,21,26-28H,13-17H2,1-5H3/t21-/m1/s1. The lowest BCUT2D eigenvalue weighted by atomic mass is 9.92. The SMILES string of the molecule is COc1ccc(S(=O)(=O)NC[C@H](O)CNCc2ccccc2)c(CC(C)C)c1CC(C)C. The van der Waals surface area contributed by atoms with E-state index < -0.39 is 16.1 Å². The van der Waals surface area contributed by atoms with Crippen LogP contribution in [0.2, 0.25) is 0 Å². The monoisotopic (exact) mass is 462 g/mol. The van der Waals surface area contributed by atoms with Crippen molar-refractivity contribution in [1.82, 2.24) is 10.0 Å². The number of methoxy groups -OCH3 is 1. The third-order valence-corrected chi connectivity index (χ3v) is 6.65. The molecule has 0 aliphatic heterocycles. The lowest BCUT2D eigenvalue weighted by Crippen LogP contribution is -2.38. The minimum absolute atomic E-state index is 0.0587. The maximum Gasteiger partial charge on any atom is 0.240 e. The fraction of sp³-hybridized carbons (Fsp3) is 0.520. The van der Waals surface area contributed by atoms with E-state index in [1.54, 1.807) is 19.2 Å². The van der Waals surface area contributed by atoms with Crippen LogP contribution in [0.1, 0.15) is 44.4 Å². The number of aliphatic hydroxyl groups excluding tert-OH is 1. The molecule has 1 atom stereocenters. The number of ether oxygens (including phenoxy) is 1. The van der Waals surface area contributed by atoms with E-state index in [1.807, 2.05) is 30.3 Å². The van der Waals surface area contributed by atoms with E-state index in [0.29, 0.717) is 18.9 Å². The van der Waals surface area contributed by atoms with Gasteiger partial charge in [-0.25, -0.2) is 13.1 Å². The third kappa shape index (κ3) is 7.89. The highest BCUT2D eigenvalue weighted by molar-refractivity contribution is 7.89. The first kappa shape index (κ1) is 26.3. The van der Waals surface area contributed by atoms with Gasteiger partial charge in [0.25, 0.3) is 0 Å². The molecule has 2 aromatic carbocycles. The Balaban J connectivity index is 2.13. The van der Waals surface area contributed by atoms with E-state index in [4.69, 9.17) is 4.74 Å². The zero-order valence-corrected chi connectivity index (χ0v) is 20.7. The summed E-state index contributed by atoms with van der Waals surface area (Å²) in [6, 6.07) is 13.2. The molecule has 2 rings (SSSR count). The van der Waals surface area contributed by atoms with Gasteiger partial charge in [-0.15, -0.1) is 0 Å². The summed E-state index contributed by atoms with van der Waals surface area (Å²) in [5.74, 6) is 1.37. The average molecular weight is 463 g/mol. The summed E-state index contributed by atoms with van der Waals surface area (Å²) in [4.78, 5) is 0.270. The van der Waals surface area contributed by atoms with Crippen LogP contribution in [0.25, 0.3) is 0 Å². The molecule has 0 aromatic heterocycles. The molecule has 7 heteroatoms. The van der Waals surface area contributed by atoms with Crippen LogP contribution in [-0.4, -0.2) is 39.8 Å². The molecule has 0 heterocycles. The third-order valence-electron chi connectivity index (χ3n) is 5.14. The molecule has 0 aliphatic rings. The molecule has 6 nitrogen and oxygen atoms in total. The van der Waals surface area contributed by atoms with E-state index >= 15 is 0 Å². The Morgan fingerprint density at radius 3 is 2.12 bits per heavy atom. The normalized spacial score (nSPS) is 13.0. The summed E-state index contributed by atoms with van der Waals surface area (Å²) in [7, 11) is -2.17. The second-order valence-corrected chi connectivity index (χ2v) is 10.8. The van der Waals surface area contributed by atoms with Crippen molar-refractivity contribution >= 4 is 10.0 Å². The second-order valence-electron chi connectivity index (χ2n) is 9.04. The molecular formula is C25H38N2O4S. The van der Waals surface area contributed by atoms with Crippen molar-refractivity contribution in [2.75, 3.05) is 20.2 Å². The molecular weight excluding hydrogens is 424 g/mol. The number of hydrogen-bond donors (Lipinski definition) is 3. The van der Waals surface area contributed by atoms with Gasteiger partial charge < -0.3 is 15.2 Å². The van der Waals surface area contributed by atoms with Crippen LogP contribution in [0.5, 0.6) is 5.75 Å². The van der Waals surface area contributed by atoms with Gasteiger partial charge in [0.15, 0.2) is 0 Å². The van der Waals surface area contributed by atoms with Crippen LogP contribution < -0.4 is 14.8 Å². The molecule has 2 aromatic rings. The molecule has 0 bridgehead atoms. The quantitative estimate of drug-likeness (QED) is 0.424. The van der Waals surface area contributed by atoms with Crippen LogP contribution >= 0.6 is 0 Å². The summed E-state index contributed by atoms with van der Waals surface area (Å²) in [5, 5.41) is 13.5. The fourth-order valence-corrected chi connectivity index (χ4v) is 5.04. The molecule has 178 valence electrons. The molecule has 0 saturated heterocycles. The van der Waals surface area contributed by atoms with Gasteiger partial charge in [0.05, 0.1) is 18.1 Å². The number of aliphatic hydroxyl groups is 1. The molecule has 3 N–H and O–H groups in total. The highest BCUT2D eigenvalue weighted by atomic mass is 32.2. The van der Waals surface area contributed by atoms with Crippen molar-refractivity contribution < 1.29 is 18.3 Å². The Kier molecular flexibility index (Phi) is 10.2. The number of hydrogen-bond acceptors (Lipinski definition) is 5. The van der Waals surface area contributed by atoms with Gasteiger partial charge in [0.1, 0.15) is 5.75 Å². The molecule has 0 unspecified atom stereocenters. The fourth-order valence-electron chi connectivity index (χ4n) is 3.69. The molecule has 32 heavy (non-hydrogen) atoms. The largest absolute Gasteiger partial charge is 0.496 e. The minimum atomic E-state index is -3.79. The summed E-state index contributed by atoms with van der Waals surface area (Å²) in [5.41, 5.74) is 2.86. The first-order chi connectivity index (χ1) is 15.1. The summed E-state index contributed by atoms with van der Waals surface area (Å²) in [6.45, 7) is 9.21. The van der Waals surface area contributed by atoms with Crippen LogP contribution in [0.15, 0.2) is 47.4 Å². The molecule has 0 aliphatic carbocycles. The van der Waals surface area contributed by atoms with Crippen molar-refractivity contribution in [2.24, 2.45) is 11.8 Å². The van der Waals surface area contributed by atoms with Crippen LogP contribution in [0, 0.1) is 11.8 Å². The molecule has 0 amide bonds. The van der Waals surface area contributed by atoms with E-state index in [0.717, 1.165) is 28.9 Å².